The predicted octanol–water partition coefficient (Wildman–Crippen LogP) is 2.95. The Bertz CT molecular complexity index is 944. The molecule has 1 aliphatic heterocycles. The number of hydrogen-bond donors (Lipinski definition) is 1. The van der Waals surface area contributed by atoms with E-state index in [0.29, 0.717) is 30.9 Å². The number of nitrogens with one attached hydrogen (secondary N) is 1. The zero-order valence-corrected chi connectivity index (χ0v) is 16.8. The van der Waals surface area contributed by atoms with E-state index >= 15 is 0 Å². The van der Waals surface area contributed by atoms with Crippen LogP contribution in [0.1, 0.15) is 24.0 Å². The highest BCUT2D eigenvalue weighted by atomic mass is 16.5. The maximum Gasteiger partial charge on any atom is 0.264 e. The Morgan fingerprint density at radius 2 is 1.93 bits per heavy atom. The van der Waals surface area contributed by atoms with Crippen molar-refractivity contribution in [1.82, 2.24) is 10.2 Å². The fourth-order valence-corrected chi connectivity index (χ4v) is 3.03. The quantitative estimate of drug-likeness (QED) is 0.515. The molecule has 0 bridgehead atoms. The summed E-state index contributed by atoms with van der Waals surface area (Å²) < 4.78 is 5.67. The summed E-state index contributed by atoms with van der Waals surface area (Å²) in [4.78, 5) is 25.9. The van der Waals surface area contributed by atoms with Crippen molar-refractivity contribution in [3.8, 4) is 11.8 Å². The van der Waals surface area contributed by atoms with Crippen molar-refractivity contribution in [2.24, 2.45) is 0 Å². The molecule has 6 nitrogen and oxygen atoms in total. The van der Waals surface area contributed by atoms with Crippen LogP contribution in [-0.4, -0.2) is 43.0 Å². The predicted molar refractivity (Wildman–Crippen MR) is 114 cm³/mol. The Labute approximate surface area is 176 Å². The number of carbonyl (C=O) groups excluding carboxylic acids is 2. The zero-order chi connectivity index (χ0) is 21.2. The Hall–Kier alpha value is -3.59. The van der Waals surface area contributed by atoms with E-state index in [2.05, 4.69) is 5.32 Å². The van der Waals surface area contributed by atoms with Crippen LogP contribution >= 0.6 is 0 Å². The number of likely N-dealkylation sites (tertiary alicyclic amines) is 1. The van der Waals surface area contributed by atoms with Crippen LogP contribution in [0.3, 0.4) is 0 Å². The molecule has 0 aliphatic carbocycles. The highest BCUT2D eigenvalue weighted by molar-refractivity contribution is 6.02. The highest BCUT2D eigenvalue weighted by Crippen LogP contribution is 2.18. The van der Waals surface area contributed by atoms with Crippen LogP contribution in [0.15, 0.2) is 60.2 Å². The molecule has 1 aliphatic rings. The van der Waals surface area contributed by atoms with Gasteiger partial charge in [0.1, 0.15) is 17.4 Å². The average Bonchev–Trinajstić information content (AvgIpc) is 2.72. The second-order valence-corrected chi connectivity index (χ2v) is 7.07. The van der Waals surface area contributed by atoms with Gasteiger partial charge in [0.05, 0.1) is 13.0 Å². The molecule has 0 atom stereocenters. The van der Waals surface area contributed by atoms with E-state index in [9.17, 15) is 14.9 Å². The fraction of sp³-hybridized carbons (Fsp3) is 0.292. The van der Waals surface area contributed by atoms with E-state index in [0.717, 1.165) is 12.8 Å². The first kappa shape index (κ1) is 21.1. The molecular weight excluding hydrogens is 378 g/mol. The van der Waals surface area contributed by atoms with E-state index in [1.807, 2.05) is 42.5 Å². The average molecular weight is 403 g/mol. The summed E-state index contributed by atoms with van der Waals surface area (Å²) >= 11 is 0. The smallest absolute Gasteiger partial charge is 0.264 e. The maximum absolute atomic E-state index is 12.2. The minimum atomic E-state index is -0.234. The summed E-state index contributed by atoms with van der Waals surface area (Å²) in [6.07, 6.45) is 3.60. The summed E-state index contributed by atoms with van der Waals surface area (Å²) in [5.41, 5.74) is 2.01. The monoisotopic (exact) mass is 403 g/mol. The highest BCUT2D eigenvalue weighted by Gasteiger charge is 2.23. The van der Waals surface area contributed by atoms with Gasteiger partial charge in [-0.2, -0.15) is 5.26 Å². The Morgan fingerprint density at radius 3 is 2.63 bits per heavy atom. The Balaban J connectivity index is 1.44. The molecule has 1 fully saturated rings. The third-order valence-corrected chi connectivity index (χ3v) is 4.84. The number of hydrogen-bond acceptors (Lipinski definition) is 4. The van der Waals surface area contributed by atoms with Gasteiger partial charge in [0.15, 0.2) is 0 Å². The lowest BCUT2D eigenvalue weighted by Crippen LogP contribution is -2.42. The summed E-state index contributed by atoms with van der Waals surface area (Å²) in [7, 11) is 0. The molecule has 2 aromatic carbocycles. The van der Waals surface area contributed by atoms with Crippen molar-refractivity contribution in [1.29, 1.82) is 5.26 Å². The van der Waals surface area contributed by atoms with Gasteiger partial charge in [0, 0.05) is 19.6 Å². The molecule has 2 amide bonds. The minimum Gasteiger partial charge on any atom is -0.493 e. The Kier molecular flexibility index (Phi) is 7.62. The molecule has 0 radical (unpaired) electrons. The lowest BCUT2D eigenvalue weighted by atomic mass is 10.1. The van der Waals surface area contributed by atoms with Crippen LogP contribution in [0.4, 0.5) is 0 Å². The molecule has 154 valence electrons. The molecule has 1 saturated heterocycles. The van der Waals surface area contributed by atoms with Crippen molar-refractivity contribution in [2.75, 3.05) is 26.2 Å². The second kappa shape index (κ2) is 10.8. The van der Waals surface area contributed by atoms with Crippen molar-refractivity contribution in [3.05, 3.63) is 71.3 Å². The largest absolute Gasteiger partial charge is 0.493 e. The number of carbonyl (C=O) groups is 2. The first-order valence-corrected chi connectivity index (χ1v) is 10.1. The van der Waals surface area contributed by atoms with E-state index in [4.69, 9.17) is 4.74 Å². The van der Waals surface area contributed by atoms with E-state index in [1.165, 1.54) is 5.56 Å². The van der Waals surface area contributed by atoms with Crippen LogP contribution in [0.5, 0.6) is 5.75 Å². The third-order valence-electron chi connectivity index (χ3n) is 4.84. The molecule has 30 heavy (non-hydrogen) atoms. The normalized spacial score (nSPS) is 13.2. The molecule has 0 aromatic heterocycles. The van der Waals surface area contributed by atoms with E-state index < -0.39 is 0 Å². The molecule has 0 unspecified atom stereocenters. The van der Waals surface area contributed by atoms with E-state index in [1.54, 1.807) is 29.2 Å². The van der Waals surface area contributed by atoms with Gasteiger partial charge in [-0.3, -0.25) is 9.59 Å². The third kappa shape index (κ3) is 6.21. The van der Waals surface area contributed by atoms with Gasteiger partial charge in [0.2, 0.25) is 5.91 Å². The number of amides is 2. The first-order chi connectivity index (χ1) is 14.7. The minimum absolute atomic E-state index is 0.0612. The summed E-state index contributed by atoms with van der Waals surface area (Å²) in [5.74, 6) is 0.297. The van der Waals surface area contributed by atoms with Crippen LogP contribution in [0, 0.1) is 11.3 Å². The van der Waals surface area contributed by atoms with Gasteiger partial charge in [-0.05, 0) is 42.2 Å². The lowest BCUT2D eigenvalue weighted by Gasteiger charge is -2.30. The Morgan fingerprint density at radius 1 is 1.13 bits per heavy atom. The van der Waals surface area contributed by atoms with Crippen molar-refractivity contribution in [2.45, 2.75) is 19.3 Å². The first-order valence-electron chi connectivity index (χ1n) is 10.1. The van der Waals surface area contributed by atoms with Crippen molar-refractivity contribution < 1.29 is 14.3 Å². The van der Waals surface area contributed by atoms with Crippen LogP contribution in [0.25, 0.3) is 6.08 Å². The summed E-state index contributed by atoms with van der Waals surface area (Å²) in [6.45, 7) is 2.25. The maximum atomic E-state index is 12.2. The van der Waals surface area contributed by atoms with Crippen molar-refractivity contribution >= 4 is 17.9 Å². The molecular formula is C24H25N3O3. The molecule has 3 rings (SSSR count). The van der Waals surface area contributed by atoms with E-state index in [-0.39, 0.29) is 30.4 Å². The number of nitrogens with zero attached hydrogens (tertiary/aromatic N) is 2. The number of benzene rings is 2. The lowest BCUT2D eigenvalue weighted by molar-refractivity contribution is -0.129. The van der Waals surface area contributed by atoms with Gasteiger partial charge >= 0.3 is 0 Å². The summed E-state index contributed by atoms with van der Waals surface area (Å²) in [6, 6.07) is 19.1. The van der Waals surface area contributed by atoms with Crippen LogP contribution in [0.2, 0.25) is 0 Å². The number of ether oxygens (including phenoxy) is 1. The molecule has 0 spiro atoms. The molecule has 2 aromatic rings. The van der Waals surface area contributed by atoms with Gasteiger partial charge in [-0.25, -0.2) is 0 Å². The van der Waals surface area contributed by atoms with Gasteiger partial charge in [-0.15, -0.1) is 0 Å². The standard InChI is InChI=1S/C24H25N3O3/c25-18-21(24(29)27-13-5-14-27)16-20-8-4-9-22(17-20)30-15-11-23(28)26-12-10-19-6-2-1-3-7-19/h1-4,6-9,16-17H,5,10-15H2,(H,26,28). The summed E-state index contributed by atoms with van der Waals surface area (Å²) in [5, 5.41) is 12.2. The van der Waals surface area contributed by atoms with Crippen LogP contribution in [-0.2, 0) is 16.0 Å². The van der Waals surface area contributed by atoms with Crippen molar-refractivity contribution in [3.63, 3.8) is 0 Å². The van der Waals surface area contributed by atoms with Gasteiger partial charge < -0.3 is 15.0 Å². The zero-order valence-electron chi connectivity index (χ0n) is 16.8. The SMILES string of the molecule is N#CC(=Cc1cccc(OCCC(=O)NCCc2ccccc2)c1)C(=O)N1CCC1. The van der Waals surface area contributed by atoms with Gasteiger partial charge in [-0.1, -0.05) is 42.5 Å². The molecule has 6 heteroatoms. The second-order valence-electron chi connectivity index (χ2n) is 7.07. The number of nitriles is 1. The van der Waals surface area contributed by atoms with Crippen LogP contribution < -0.4 is 10.1 Å². The van der Waals surface area contributed by atoms with Gasteiger partial charge in [0.25, 0.3) is 5.91 Å². The number of rotatable bonds is 9. The molecule has 1 N–H and O–H groups in total. The fourth-order valence-electron chi connectivity index (χ4n) is 3.03. The molecule has 1 heterocycles. The topological polar surface area (TPSA) is 82.4 Å². The molecule has 0 saturated carbocycles.